The second kappa shape index (κ2) is 8.48. The zero-order chi connectivity index (χ0) is 21.1. The highest BCUT2D eigenvalue weighted by Crippen LogP contribution is 2.26. The fraction of sp³-hybridized carbons (Fsp3) is 0.579. The number of methoxy groups -OCH3 is 1. The van der Waals surface area contributed by atoms with E-state index >= 15 is 0 Å². The molecule has 1 amide bonds. The summed E-state index contributed by atoms with van der Waals surface area (Å²) < 4.78 is 40.5. The molecule has 0 aromatic heterocycles. The first-order chi connectivity index (χ1) is 12.9. The number of esters is 1. The smallest absolute Gasteiger partial charge is 0.411 e. The molecule has 0 saturated carbocycles. The quantitative estimate of drug-likeness (QED) is 0.553. The third kappa shape index (κ3) is 5.68. The van der Waals surface area contributed by atoms with E-state index in [1.807, 2.05) is 6.92 Å². The van der Waals surface area contributed by atoms with E-state index in [9.17, 15) is 18.0 Å². The van der Waals surface area contributed by atoms with Crippen molar-refractivity contribution in [2.24, 2.45) is 0 Å². The summed E-state index contributed by atoms with van der Waals surface area (Å²) in [6, 6.07) is 5.32. The third-order valence-electron chi connectivity index (χ3n) is 4.23. The van der Waals surface area contributed by atoms with Crippen LogP contribution >= 0.6 is 0 Å². The number of carbonyl (C=O) groups is 2. The van der Waals surface area contributed by atoms with Crippen molar-refractivity contribution in [1.82, 2.24) is 4.90 Å². The van der Waals surface area contributed by atoms with Crippen LogP contribution in [0.2, 0.25) is 0 Å². The molecule has 1 unspecified atom stereocenters. The summed E-state index contributed by atoms with van der Waals surface area (Å²) in [6.07, 6.45) is -1.16. The first-order valence-electron chi connectivity index (χ1n) is 9.00. The minimum Gasteiger partial charge on any atom is -0.467 e. The van der Waals surface area contributed by atoms with Crippen molar-refractivity contribution in [3.63, 3.8) is 0 Å². The van der Waals surface area contributed by atoms with Crippen LogP contribution < -0.4 is 0 Å². The lowest BCUT2D eigenvalue weighted by atomic mass is 10.00. The van der Waals surface area contributed by atoms with Gasteiger partial charge in [-0.2, -0.15) is 8.42 Å². The molecule has 8 nitrogen and oxygen atoms in total. The van der Waals surface area contributed by atoms with Crippen molar-refractivity contribution in [2.45, 2.75) is 63.2 Å². The number of amides is 1. The summed E-state index contributed by atoms with van der Waals surface area (Å²) in [6.45, 7) is 7.14. The van der Waals surface area contributed by atoms with E-state index in [1.165, 1.54) is 24.1 Å². The molecule has 1 fully saturated rings. The molecular weight excluding hydrogens is 386 g/mol. The summed E-state index contributed by atoms with van der Waals surface area (Å²) in [7, 11) is -2.77. The summed E-state index contributed by atoms with van der Waals surface area (Å²) in [4.78, 5) is 25.9. The number of benzene rings is 1. The average molecular weight is 413 g/mol. The monoisotopic (exact) mass is 413 g/mol. The Morgan fingerprint density at radius 3 is 2.29 bits per heavy atom. The van der Waals surface area contributed by atoms with Crippen molar-refractivity contribution in [2.75, 3.05) is 13.7 Å². The number of ether oxygens (including phenoxy) is 2. The molecule has 0 radical (unpaired) electrons. The van der Waals surface area contributed by atoms with Crippen LogP contribution in [0.15, 0.2) is 29.2 Å². The number of hydrogen-bond donors (Lipinski definition) is 0. The molecule has 1 heterocycles. The number of nitrogens with zero attached hydrogens (tertiary/aromatic N) is 1. The molecule has 28 heavy (non-hydrogen) atoms. The van der Waals surface area contributed by atoms with E-state index in [2.05, 4.69) is 0 Å². The number of piperidine rings is 1. The van der Waals surface area contributed by atoms with Crippen molar-refractivity contribution < 1.29 is 31.7 Å². The zero-order valence-electron chi connectivity index (χ0n) is 16.8. The lowest BCUT2D eigenvalue weighted by molar-refractivity contribution is -0.149. The van der Waals surface area contributed by atoms with Gasteiger partial charge in [0, 0.05) is 13.0 Å². The van der Waals surface area contributed by atoms with Crippen LogP contribution in [0.5, 0.6) is 0 Å². The van der Waals surface area contributed by atoms with Gasteiger partial charge in [-0.1, -0.05) is 17.7 Å². The van der Waals surface area contributed by atoms with Crippen molar-refractivity contribution >= 4 is 22.2 Å². The maximum Gasteiger partial charge on any atom is 0.411 e. The first kappa shape index (κ1) is 22.2. The van der Waals surface area contributed by atoms with Crippen LogP contribution in [0, 0.1) is 6.92 Å². The van der Waals surface area contributed by atoms with E-state index in [0.29, 0.717) is 0 Å². The largest absolute Gasteiger partial charge is 0.467 e. The van der Waals surface area contributed by atoms with Gasteiger partial charge in [0.05, 0.1) is 18.1 Å². The van der Waals surface area contributed by atoms with E-state index in [1.54, 1.807) is 32.9 Å². The van der Waals surface area contributed by atoms with E-state index in [4.69, 9.17) is 13.7 Å². The fourth-order valence-corrected chi connectivity index (χ4v) is 3.97. The van der Waals surface area contributed by atoms with Crippen LogP contribution in [-0.4, -0.2) is 56.8 Å². The molecule has 1 aromatic rings. The Labute approximate surface area is 165 Å². The Bertz CT molecular complexity index is 812. The highest BCUT2D eigenvalue weighted by atomic mass is 32.2. The molecule has 2 rings (SSSR count). The van der Waals surface area contributed by atoms with Gasteiger partial charge in [-0.25, -0.2) is 9.59 Å². The number of aryl methyl sites for hydroxylation is 1. The molecule has 2 atom stereocenters. The average Bonchev–Trinajstić information content (AvgIpc) is 2.59. The normalized spacial score (nSPS) is 20.5. The van der Waals surface area contributed by atoms with Gasteiger partial charge in [0.2, 0.25) is 0 Å². The molecule has 9 heteroatoms. The lowest BCUT2D eigenvalue weighted by Gasteiger charge is -2.37. The summed E-state index contributed by atoms with van der Waals surface area (Å²) in [5.74, 6) is -0.646. The standard InChI is InChI=1S/C19H27NO7S/c1-13-6-8-15(9-7-13)28(23,24)27-14-10-11-20(16(12-14)17(21)25-5)18(22)26-19(2,3)4/h6-9,14,16H,10-12H2,1-5H3/t14-,16?/m1/s1. The molecule has 0 N–H and O–H groups in total. The SMILES string of the molecule is COC(=O)C1C[C@H](OS(=O)(=O)c2ccc(C)cc2)CCN1C(=O)OC(C)(C)C. The minimum absolute atomic E-state index is 0.00297. The molecule has 0 aliphatic carbocycles. The summed E-state index contributed by atoms with van der Waals surface area (Å²) in [5.41, 5.74) is 0.204. The van der Waals surface area contributed by atoms with Gasteiger partial charge in [-0.05, 0) is 46.2 Å². The van der Waals surface area contributed by atoms with Gasteiger partial charge in [0.25, 0.3) is 10.1 Å². The predicted molar refractivity (Wildman–Crippen MR) is 101 cm³/mol. The van der Waals surface area contributed by atoms with Gasteiger partial charge in [0.1, 0.15) is 11.6 Å². The van der Waals surface area contributed by atoms with Gasteiger partial charge in [-0.3, -0.25) is 9.08 Å². The summed E-state index contributed by atoms with van der Waals surface area (Å²) >= 11 is 0. The Balaban J connectivity index is 2.14. The first-order valence-corrected chi connectivity index (χ1v) is 10.4. The maximum absolute atomic E-state index is 12.5. The van der Waals surface area contributed by atoms with Crippen molar-refractivity contribution in [3.8, 4) is 0 Å². The van der Waals surface area contributed by atoms with Gasteiger partial charge < -0.3 is 9.47 Å². The Kier molecular flexibility index (Phi) is 6.71. The van der Waals surface area contributed by atoms with Crippen LogP contribution in [0.3, 0.4) is 0 Å². The van der Waals surface area contributed by atoms with Gasteiger partial charge >= 0.3 is 12.1 Å². The van der Waals surface area contributed by atoms with E-state index in [-0.39, 0.29) is 24.3 Å². The summed E-state index contributed by atoms with van der Waals surface area (Å²) in [5, 5.41) is 0. The third-order valence-corrected chi connectivity index (χ3v) is 5.60. The molecule has 0 spiro atoms. The highest BCUT2D eigenvalue weighted by molar-refractivity contribution is 7.86. The van der Waals surface area contributed by atoms with Crippen LogP contribution in [0.4, 0.5) is 4.79 Å². The number of hydrogen-bond acceptors (Lipinski definition) is 7. The van der Waals surface area contributed by atoms with Crippen LogP contribution in [0.25, 0.3) is 0 Å². The maximum atomic E-state index is 12.5. The highest BCUT2D eigenvalue weighted by Gasteiger charge is 2.40. The van der Waals surface area contributed by atoms with Crippen molar-refractivity contribution in [3.05, 3.63) is 29.8 Å². The molecule has 0 bridgehead atoms. The lowest BCUT2D eigenvalue weighted by Crippen LogP contribution is -2.53. The second-order valence-corrected chi connectivity index (χ2v) is 9.29. The zero-order valence-corrected chi connectivity index (χ0v) is 17.6. The Morgan fingerprint density at radius 2 is 1.75 bits per heavy atom. The molecular formula is C19H27NO7S. The van der Waals surface area contributed by atoms with Crippen LogP contribution in [0.1, 0.15) is 39.2 Å². The van der Waals surface area contributed by atoms with E-state index < -0.39 is 39.9 Å². The Morgan fingerprint density at radius 1 is 1.14 bits per heavy atom. The molecule has 1 saturated heterocycles. The molecule has 156 valence electrons. The molecule has 1 aromatic carbocycles. The second-order valence-electron chi connectivity index (χ2n) is 7.72. The van der Waals surface area contributed by atoms with Crippen molar-refractivity contribution in [1.29, 1.82) is 0 Å². The number of carbonyl (C=O) groups excluding carboxylic acids is 2. The van der Waals surface area contributed by atoms with Gasteiger partial charge in [-0.15, -0.1) is 0 Å². The molecule has 1 aliphatic heterocycles. The number of rotatable bonds is 4. The molecule has 1 aliphatic rings. The Hall–Kier alpha value is -2.13. The van der Waals surface area contributed by atoms with Gasteiger partial charge in [0.15, 0.2) is 0 Å². The predicted octanol–water partition coefficient (Wildman–Crippen LogP) is 2.64. The minimum atomic E-state index is -3.99. The fourth-order valence-electron chi connectivity index (χ4n) is 2.86. The van der Waals surface area contributed by atoms with Crippen LogP contribution in [-0.2, 0) is 28.6 Å². The topological polar surface area (TPSA) is 99.2 Å². The van der Waals surface area contributed by atoms with E-state index in [0.717, 1.165) is 5.56 Å². The number of likely N-dealkylation sites (tertiary alicyclic amines) is 1.